The second kappa shape index (κ2) is 9.34. The number of hydrogen-bond acceptors (Lipinski definition) is 5. The number of aromatic nitrogens is 3. The van der Waals surface area contributed by atoms with Gasteiger partial charge in [-0.05, 0) is 54.7 Å². The van der Waals surface area contributed by atoms with Crippen LogP contribution in [0.1, 0.15) is 57.6 Å². The summed E-state index contributed by atoms with van der Waals surface area (Å²) in [4.78, 5) is 9.24. The summed E-state index contributed by atoms with van der Waals surface area (Å²) in [6, 6.07) is 2.94. The van der Waals surface area contributed by atoms with Crippen molar-refractivity contribution >= 4 is 27.3 Å². The first-order chi connectivity index (χ1) is 13.0. The van der Waals surface area contributed by atoms with E-state index in [-0.39, 0.29) is 0 Å². The average Bonchev–Trinajstić information content (AvgIpc) is 3.01. The third-order valence-corrected chi connectivity index (χ3v) is 6.34. The predicted octanol–water partition coefficient (Wildman–Crippen LogP) is 3.76. The van der Waals surface area contributed by atoms with E-state index >= 15 is 0 Å². The lowest BCUT2D eigenvalue weighted by molar-refractivity contribution is 0.0874. The van der Waals surface area contributed by atoms with Gasteiger partial charge in [-0.1, -0.05) is 20.3 Å². The van der Waals surface area contributed by atoms with Gasteiger partial charge in [0, 0.05) is 48.3 Å². The smallest absolute Gasteiger partial charge is 0.152 e. The van der Waals surface area contributed by atoms with Crippen LogP contribution in [0.2, 0.25) is 0 Å². The number of fused-ring (bicyclic) bond motifs is 1. The Morgan fingerprint density at radius 3 is 2.37 bits per heavy atom. The zero-order valence-corrected chi connectivity index (χ0v) is 18.5. The van der Waals surface area contributed by atoms with E-state index in [9.17, 15) is 0 Å². The Bertz CT molecular complexity index is 729. The molecule has 0 atom stereocenters. The molecule has 0 bridgehead atoms. The molecular formula is C20H33BrN6. The van der Waals surface area contributed by atoms with Gasteiger partial charge in [-0.25, -0.2) is 9.50 Å². The van der Waals surface area contributed by atoms with E-state index in [1.807, 2.05) is 4.52 Å². The molecule has 0 amide bonds. The fourth-order valence-corrected chi connectivity index (χ4v) is 4.87. The van der Waals surface area contributed by atoms with Gasteiger partial charge in [0.15, 0.2) is 5.82 Å². The highest BCUT2D eigenvalue weighted by Gasteiger charge is 2.30. The lowest BCUT2D eigenvalue weighted by Gasteiger charge is -2.41. The first kappa shape index (κ1) is 20.6. The summed E-state index contributed by atoms with van der Waals surface area (Å²) >= 11 is 3.62. The van der Waals surface area contributed by atoms with Gasteiger partial charge in [0.25, 0.3) is 0 Å². The molecule has 150 valence electrons. The van der Waals surface area contributed by atoms with Crippen LogP contribution in [0.15, 0.2) is 16.9 Å². The van der Waals surface area contributed by atoms with Gasteiger partial charge in [-0.3, -0.25) is 4.90 Å². The van der Waals surface area contributed by atoms with E-state index in [2.05, 4.69) is 62.8 Å². The fraction of sp³-hybridized carbons (Fsp3) is 0.700. The van der Waals surface area contributed by atoms with E-state index in [0.717, 1.165) is 16.0 Å². The van der Waals surface area contributed by atoms with Gasteiger partial charge in [0.1, 0.15) is 11.8 Å². The molecule has 6 nitrogen and oxygen atoms in total. The number of nitrogens with zero attached hydrogens (tertiary/aromatic N) is 5. The number of nitrogens with two attached hydrogens (primary N) is 1. The molecule has 0 unspecified atom stereocenters. The number of anilines is 1. The first-order valence-electron chi connectivity index (χ1n) is 10.2. The van der Waals surface area contributed by atoms with Crippen molar-refractivity contribution in [2.75, 3.05) is 39.0 Å². The van der Waals surface area contributed by atoms with Crippen molar-refractivity contribution in [2.45, 2.75) is 57.9 Å². The normalized spacial score (nSPS) is 24.6. The van der Waals surface area contributed by atoms with Gasteiger partial charge >= 0.3 is 0 Å². The number of halogens is 1. The number of nitrogen functional groups attached to an aromatic ring is 1. The third-order valence-electron chi connectivity index (χ3n) is 5.73. The molecule has 0 radical (unpaired) electrons. The summed E-state index contributed by atoms with van der Waals surface area (Å²) in [7, 11) is 2.22. The molecule has 2 aliphatic rings. The summed E-state index contributed by atoms with van der Waals surface area (Å²) in [5, 5.41) is 4.43. The Morgan fingerprint density at radius 1 is 1.11 bits per heavy atom. The molecule has 2 fully saturated rings. The maximum absolute atomic E-state index is 6.02. The van der Waals surface area contributed by atoms with E-state index in [0.29, 0.717) is 11.7 Å². The van der Waals surface area contributed by atoms with E-state index < -0.39 is 0 Å². The minimum absolute atomic E-state index is 0.536. The molecule has 1 aliphatic carbocycles. The highest BCUT2D eigenvalue weighted by molar-refractivity contribution is 9.10. The lowest BCUT2D eigenvalue weighted by atomic mass is 9.83. The van der Waals surface area contributed by atoms with Crippen molar-refractivity contribution in [3.8, 4) is 0 Å². The molecule has 2 N–H and O–H groups in total. The Kier molecular flexibility index (Phi) is 7.11. The summed E-state index contributed by atoms with van der Waals surface area (Å²) in [5.74, 6) is 1.09. The number of rotatable bonds is 2. The molecule has 0 aromatic carbocycles. The van der Waals surface area contributed by atoms with Crippen LogP contribution in [0.3, 0.4) is 0 Å². The van der Waals surface area contributed by atoms with E-state index in [1.165, 1.54) is 64.0 Å². The maximum Gasteiger partial charge on any atom is 0.152 e. The number of piperazine rings is 1. The number of hydrogen-bond donors (Lipinski definition) is 1. The summed E-state index contributed by atoms with van der Waals surface area (Å²) in [6.07, 6.45) is 7.80. The monoisotopic (exact) mass is 436 g/mol. The average molecular weight is 437 g/mol. The second-order valence-corrected chi connectivity index (χ2v) is 8.73. The quantitative estimate of drug-likeness (QED) is 0.775. The van der Waals surface area contributed by atoms with Crippen molar-refractivity contribution in [1.29, 1.82) is 0 Å². The van der Waals surface area contributed by atoms with Crippen LogP contribution in [0.4, 0.5) is 5.82 Å². The molecular weight excluding hydrogens is 404 g/mol. The van der Waals surface area contributed by atoms with Gasteiger partial charge in [-0.2, -0.15) is 5.10 Å². The van der Waals surface area contributed by atoms with Crippen molar-refractivity contribution in [2.24, 2.45) is 0 Å². The summed E-state index contributed by atoms with van der Waals surface area (Å²) < 4.78 is 2.98. The standard InChI is InChI=1S/C17H25BrN6.C3H8/c1-22-6-8-23(9-7-22)13-4-2-12(3-5-13)15-10-14(18)16-17(19)20-11-21-24(15)16;1-3-2/h10-13H,2-9H2,1H3,(H2,19,20,21);3H2,1-2H3. The largest absolute Gasteiger partial charge is 0.382 e. The van der Waals surface area contributed by atoms with Crippen LogP contribution in [-0.2, 0) is 0 Å². The molecule has 1 saturated heterocycles. The highest BCUT2D eigenvalue weighted by Crippen LogP contribution is 2.38. The Hall–Kier alpha value is -1.18. The van der Waals surface area contributed by atoms with Gasteiger partial charge in [0.05, 0.1) is 0 Å². The fourth-order valence-electron chi connectivity index (χ4n) is 4.26. The molecule has 1 saturated carbocycles. The van der Waals surface area contributed by atoms with Crippen molar-refractivity contribution in [3.63, 3.8) is 0 Å². The minimum Gasteiger partial charge on any atom is -0.382 e. The molecule has 0 spiro atoms. The molecule has 7 heteroatoms. The van der Waals surface area contributed by atoms with Crippen LogP contribution in [0.5, 0.6) is 0 Å². The molecule has 4 rings (SSSR count). The molecule has 3 heterocycles. The molecule has 2 aromatic rings. The molecule has 2 aromatic heterocycles. The molecule has 1 aliphatic heterocycles. The van der Waals surface area contributed by atoms with Crippen LogP contribution in [0.25, 0.3) is 5.52 Å². The van der Waals surface area contributed by atoms with Gasteiger partial charge in [0.2, 0.25) is 0 Å². The zero-order chi connectivity index (χ0) is 19.4. The van der Waals surface area contributed by atoms with Crippen molar-refractivity contribution in [1.82, 2.24) is 24.4 Å². The van der Waals surface area contributed by atoms with Crippen molar-refractivity contribution < 1.29 is 0 Å². The van der Waals surface area contributed by atoms with Crippen LogP contribution >= 0.6 is 15.9 Å². The first-order valence-corrected chi connectivity index (χ1v) is 11.0. The lowest BCUT2D eigenvalue weighted by Crippen LogP contribution is -2.49. The topological polar surface area (TPSA) is 62.7 Å². The number of likely N-dealkylation sites (N-methyl/N-ethyl adjacent to an activating group) is 1. The van der Waals surface area contributed by atoms with E-state index in [4.69, 9.17) is 5.73 Å². The van der Waals surface area contributed by atoms with Crippen LogP contribution in [-0.4, -0.2) is 63.7 Å². The second-order valence-electron chi connectivity index (χ2n) is 7.87. The zero-order valence-electron chi connectivity index (χ0n) is 16.9. The molecule has 27 heavy (non-hydrogen) atoms. The Labute approximate surface area is 171 Å². The van der Waals surface area contributed by atoms with Crippen molar-refractivity contribution in [3.05, 3.63) is 22.6 Å². The van der Waals surface area contributed by atoms with E-state index in [1.54, 1.807) is 6.33 Å². The van der Waals surface area contributed by atoms with Gasteiger partial charge < -0.3 is 10.6 Å². The van der Waals surface area contributed by atoms with Crippen LogP contribution in [0, 0.1) is 0 Å². The minimum atomic E-state index is 0.536. The highest BCUT2D eigenvalue weighted by atomic mass is 79.9. The maximum atomic E-state index is 6.02. The Morgan fingerprint density at radius 2 is 1.74 bits per heavy atom. The summed E-state index contributed by atoms with van der Waals surface area (Å²) in [5.41, 5.74) is 8.18. The van der Waals surface area contributed by atoms with Crippen LogP contribution < -0.4 is 5.73 Å². The Balaban J connectivity index is 0.000000659. The third kappa shape index (κ3) is 4.63. The SMILES string of the molecule is CCC.CN1CCN(C2CCC(c3cc(Br)c4c(N)ncnn34)CC2)CC1. The predicted molar refractivity (Wildman–Crippen MR) is 115 cm³/mol. The van der Waals surface area contributed by atoms with Gasteiger partial charge in [-0.15, -0.1) is 0 Å². The summed E-state index contributed by atoms with van der Waals surface area (Å²) in [6.45, 7) is 9.09.